The van der Waals surface area contributed by atoms with E-state index in [2.05, 4.69) is 52.2 Å². The molecule has 2 aromatic rings. The summed E-state index contributed by atoms with van der Waals surface area (Å²) in [6.45, 7) is 5.20. The van der Waals surface area contributed by atoms with Gasteiger partial charge in [-0.25, -0.2) is 4.98 Å². The van der Waals surface area contributed by atoms with E-state index in [1.54, 1.807) is 22.7 Å². The van der Waals surface area contributed by atoms with Crippen LogP contribution in [-0.4, -0.2) is 4.98 Å². The van der Waals surface area contributed by atoms with Crippen LogP contribution in [0.1, 0.15) is 23.7 Å². The highest BCUT2D eigenvalue weighted by Gasteiger charge is 2.22. The second-order valence-corrected chi connectivity index (χ2v) is 7.46. The minimum Gasteiger partial charge on any atom is -0.301 e. The van der Waals surface area contributed by atoms with E-state index >= 15 is 0 Å². The van der Waals surface area contributed by atoms with Crippen LogP contribution in [0, 0.1) is 0 Å². The standard InChI is InChI=1S/C11H13BrN2S2/c1-11(2,10-13-5-6-15-10)14-7-8-3-4-9(12)16-8/h3-6,14H,7H2,1-2H3. The molecule has 1 N–H and O–H groups in total. The molecule has 5 heteroatoms. The zero-order valence-electron chi connectivity index (χ0n) is 9.16. The van der Waals surface area contributed by atoms with Crippen molar-refractivity contribution >= 4 is 38.6 Å². The van der Waals surface area contributed by atoms with Crippen molar-refractivity contribution in [3.05, 3.63) is 37.4 Å². The van der Waals surface area contributed by atoms with E-state index in [1.165, 1.54) is 8.66 Å². The minimum absolute atomic E-state index is 0.0648. The molecule has 0 saturated carbocycles. The lowest BCUT2D eigenvalue weighted by Gasteiger charge is -2.23. The van der Waals surface area contributed by atoms with Gasteiger partial charge in [0.2, 0.25) is 0 Å². The van der Waals surface area contributed by atoms with Gasteiger partial charge in [-0.15, -0.1) is 22.7 Å². The Morgan fingerprint density at radius 1 is 1.44 bits per heavy atom. The van der Waals surface area contributed by atoms with Crippen molar-refractivity contribution in [2.75, 3.05) is 0 Å². The number of hydrogen-bond acceptors (Lipinski definition) is 4. The van der Waals surface area contributed by atoms with E-state index in [-0.39, 0.29) is 5.54 Å². The average Bonchev–Trinajstić information content (AvgIpc) is 2.85. The topological polar surface area (TPSA) is 24.9 Å². The van der Waals surface area contributed by atoms with Crippen molar-refractivity contribution in [1.29, 1.82) is 0 Å². The maximum absolute atomic E-state index is 4.36. The van der Waals surface area contributed by atoms with E-state index < -0.39 is 0 Å². The molecule has 0 bridgehead atoms. The molecule has 0 aliphatic rings. The molecule has 0 amide bonds. The first-order valence-corrected chi connectivity index (χ1v) is 7.46. The molecule has 0 atom stereocenters. The van der Waals surface area contributed by atoms with Crippen molar-refractivity contribution in [3.8, 4) is 0 Å². The molecule has 0 radical (unpaired) electrons. The molecule has 16 heavy (non-hydrogen) atoms. The number of nitrogens with one attached hydrogen (secondary N) is 1. The Morgan fingerprint density at radius 2 is 2.25 bits per heavy atom. The van der Waals surface area contributed by atoms with E-state index in [4.69, 9.17) is 0 Å². The first-order valence-electron chi connectivity index (χ1n) is 4.97. The fourth-order valence-corrected chi connectivity index (χ4v) is 3.52. The lowest BCUT2D eigenvalue weighted by Crippen LogP contribution is -2.35. The summed E-state index contributed by atoms with van der Waals surface area (Å²) in [5, 5.41) is 6.67. The highest BCUT2D eigenvalue weighted by molar-refractivity contribution is 9.11. The van der Waals surface area contributed by atoms with Gasteiger partial charge >= 0.3 is 0 Å². The van der Waals surface area contributed by atoms with Crippen LogP contribution in [-0.2, 0) is 12.1 Å². The minimum atomic E-state index is -0.0648. The molecule has 0 aromatic carbocycles. The SMILES string of the molecule is CC(C)(NCc1ccc(Br)s1)c1nccs1. The Hall–Kier alpha value is -0.230. The zero-order chi connectivity index (χ0) is 11.6. The van der Waals surface area contributed by atoms with Gasteiger partial charge in [-0.05, 0) is 41.9 Å². The van der Waals surface area contributed by atoms with Gasteiger partial charge in [-0.3, -0.25) is 0 Å². The first kappa shape index (κ1) is 12.2. The molecular weight excluding hydrogens is 304 g/mol. The number of aromatic nitrogens is 1. The quantitative estimate of drug-likeness (QED) is 0.922. The van der Waals surface area contributed by atoms with E-state index in [0.717, 1.165) is 11.6 Å². The summed E-state index contributed by atoms with van der Waals surface area (Å²) in [6, 6.07) is 4.22. The lowest BCUT2D eigenvalue weighted by atomic mass is 10.1. The van der Waals surface area contributed by atoms with Gasteiger partial charge in [0.05, 0.1) is 9.33 Å². The summed E-state index contributed by atoms with van der Waals surface area (Å²) >= 11 is 6.93. The molecule has 0 aliphatic carbocycles. The maximum Gasteiger partial charge on any atom is 0.112 e. The molecule has 2 aromatic heterocycles. The van der Waals surface area contributed by atoms with Crippen LogP contribution in [0.4, 0.5) is 0 Å². The van der Waals surface area contributed by atoms with Gasteiger partial charge in [0, 0.05) is 23.0 Å². The molecule has 0 unspecified atom stereocenters. The largest absolute Gasteiger partial charge is 0.301 e. The highest BCUT2D eigenvalue weighted by Crippen LogP contribution is 2.25. The Labute approximate surface area is 112 Å². The monoisotopic (exact) mass is 316 g/mol. The van der Waals surface area contributed by atoms with Crippen LogP contribution < -0.4 is 5.32 Å². The molecule has 2 nitrogen and oxygen atoms in total. The van der Waals surface area contributed by atoms with Gasteiger partial charge in [0.1, 0.15) is 5.01 Å². The Kier molecular flexibility index (Phi) is 3.79. The Balaban J connectivity index is 2.00. The zero-order valence-corrected chi connectivity index (χ0v) is 12.4. The lowest BCUT2D eigenvalue weighted by molar-refractivity contribution is 0.401. The third-order valence-electron chi connectivity index (χ3n) is 2.30. The molecule has 0 spiro atoms. The van der Waals surface area contributed by atoms with E-state index in [9.17, 15) is 0 Å². The normalized spacial score (nSPS) is 11.9. The summed E-state index contributed by atoms with van der Waals surface area (Å²) in [5.74, 6) is 0. The van der Waals surface area contributed by atoms with Crippen LogP contribution in [0.15, 0.2) is 27.5 Å². The van der Waals surface area contributed by atoms with Crippen molar-refractivity contribution in [2.45, 2.75) is 25.9 Å². The third kappa shape index (κ3) is 2.91. The molecule has 2 heterocycles. The second-order valence-electron chi connectivity index (χ2n) is 4.02. The molecule has 86 valence electrons. The number of halogens is 1. The fourth-order valence-electron chi connectivity index (χ4n) is 1.36. The summed E-state index contributed by atoms with van der Waals surface area (Å²) in [7, 11) is 0. The summed E-state index contributed by atoms with van der Waals surface area (Å²) in [4.78, 5) is 5.69. The van der Waals surface area contributed by atoms with Gasteiger partial charge in [0.15, 0.2) is 0 Å². The molecular formula is C11H13BrN2S2. The van der Waals surface area contributed by atoms with Crippen molar-refractivity contribution in [2.24, 2.45) is 0 Å². The summed E-state index contributed by atoms with van der Waals surface area (Å²) in [6.07, 6.45) is 1.85. The van der Waals surface area contributed by atoms with Gasteiger partial charge in [-0.1, -0.05) is 0 Å². The maximum atomic E-state index is 4.36. The third-order valence-corrected chi connectivity index (χ3v) is 5.02. The van der Waals surface area contributed by atoms with Crippen LogP contribution in [0.5, 0.6) is 0 Å². The molecule has 2 rings (SSSR count). The summed E-state index contributed by atoms with van der Waals surface area (Å²) in [5.41, 5.74) is -0.0648. The van der Waals surface area contributed by atoms with E-state index in [1.807, 2.05) is 11.6 Å². The van der Waals surface area contributed by atoms with Crippen molar-refractivity contribution < 1.29 is 0 Å². The van der Waals surface area contributed by atoms with Crippen LogP contribution in [0.25, 0.3) is 0 Å². The summed E-state index contributed by atoms with van der Waals surface area (Å²) < 4.78 is 1.18. The Morgan fingerprint density at radius 3 is 2.81 bits per heavy atom. The number of nitrogens with zero attached hydrogens (tertiary/aromatic N) is 1. The van der Waals surface area contributed by atoms with Gasteiger partial charge in [-0.2, -0.15) is 0 Å². The first-order chi connectivity index (χ1) is 7.58. The predicted molar refractivity (Wildman–Crippen MR) is 74.0 cm³/mol. The smallest absolute Gasteiger partial charge is 0.112 e. The number of thiazole rings is 1. The highest BCUT2D eigenvalue weighted by atomic mass is 79.9. The number of hydrogen-bond donors (Lipinski definition) is 1. The average molecular weight is 317 g/mol. The Bertz CT molecular complexity index is 448. The van der Waals surface area contributed by atoms with Gasteiger partial charge in [0.25, 0.3) is 0 Å². The molecule has 0 fully saturated rings. The second kappa shape index (κ2) is 4.96. The molecule has 0 aliphatic heterocycles. The van der Waals surface area contributed by atoms with Crippen molar-refractivity contribution in [3.63, 3.8) is 0 Å². The number of thiophene rings is 1. The van der Waals surface area contributed by atoms with Crippen LogP contribution in [0.3, 0.4) is 0 Å². The number of rotatable bonds is 4. The predicted octanol–water partition coefficient (Wildman–Crippen LogP) is 3.99. The van der Waals surface area contributed by atoms with Crippen LogP contribution in [0.2, 0.25) is 0 Å². The van der Waals surface area contributed by atoms with E-state index in [0.29, 0.717) is 0 Å². The molecule has 0 saturated heterocycles. The van der Waals surface area contributed by atoms with Gasteiger partial charge < -0.3 is 5.32 Å². The van der Waals surface area contributed by atoms with Crippen molar-refractivity contribution in [1.82, 2.24) is 10.3 Å². The van der Waals surface area contributed by atoms with Crippen LogP contribution >= 0.6 is 38.6 Å². The fraction of sp³-hybridized carbons (Fsp3) is 0.364.